The third-order valence-corrected chi connectivity index (χ3v) is 2.76. The first-order valence-electron chi connectivity index (χ1n) is 5.47. The number of rotatable bonds is 3. The molecule has 0 radical (unpaired) electrons. The molecule has 0 aliphatic heterocycles. The number of carbonyl (C=O) groups is 1. The molecule has 0 atom stereocenters. The van der Waals surface area contributed by atoms with Gasteiger partial charge in [-0.05, 0) is 35.3 Å². The van der Waals surface area contributed by atoms with Crippen LogP contribution in [0.15, 0.2) is 24.3 Å². The van der Waals surface area contributed by atoms with Crippen molar-refractivity contribution < 1.29 is 14.2 Å². The summed E-state index contributed by atoms with van der Waals surface area (Å²) in [6.45, 7) is -0.663. The Labute approximate surface area is 173 Å². The zero-order chi connectivity index (χ0) is 16.5. The van der Waals surface area contributed by atoms with Gasteiger partial charge >= 0.3 is 35.5 Å². The van der Waals surface area contributed by atoms with Crippen LogP contribution in [0.3, 0.4) is 0 Å². The summed E-state index contributed by atoms with van der Waals surface area (Å²) < 4.78 is 3.48. The summed E-state index contributed by atoms with van der Waals surface area (Å²) in [6, 6.07) is 7.18. The average molecular weight is 410 g/mol. The van der Waals surface area contributed by atoms with Crippen LogP contribution < -0.4 is 5.32 Å². The van der Waals surface area contributed by atoms with E-state index in [1.807, 2.05) is 12.1 Å². The molecule has 7 nitrogen and oxygen atoms in total. The summed E-state index contributed by atoms with van der Waals surface area (Å²) in [5.41, 5.74) is 0.669. The quantitative estimate of drug-likeness (QED) is 0.752. The van der Waals surface area contributed by atoms with Crippen LogP contribution in [-0.4, -0.2) is 62.2 Å². The van der Waals surface area contributed by atoms with Crippen molar-refractivity contribution in [1.82, 2.24) is 15.0 Å². The van der Waals surface area contributed by atoms with Crippen LogP contribution >= 0.6 is 46.7 Å². The van der Waals surface area contributed by atoms with Gasteiger partial charge in [0.1, 0.15) is 18.5 Å². The molecule has 1 aromatic carbocycles. The Bertz CT molecular complexity index is 624. The molecule has 23 heavy (non-hydrogen) atoms. The summed E-state index contributed by atoms with van der Waals surface area (Å²) in [7, 11) is 0. The van der Waals surface area contributed by atoms with Gasteiger partial charge in [-0.3, -0.25) is 0 Å². The Morgan fingerprint density at radius 1 is 1.13 bits per heavy atom. The van der Waals surface area contributed by atoms with Gasteiger partial charge in [-0.2, -0.15) is 15.0 Å². The molecule has 0 saturated carbocycles. The third kappa shape index (κ3) is 8.88. The first-order valence-corrected chi connectivity index (χ1v) is 6.91. The number of halogens is 4. The molecule has 2 aromatic rings. The third-order valence-electron chi connectivity index (χ3n) is 1.92. The van der Waals surface area contributed by atoms with Crippen molar-refractivity contribution in [3.63, 3.8) is 0 Å². The molecule has 0 saturated heterocycles. The van der Waals surface area contributed by atoms with E-state index in [-0.39, 0.29) is 46.1 Å². The monoisotopic (exact) mass is 408 g/mol. The standard InChI is InChI=1S/C9H5Cl3N4.C2H3ClO3.Na.H/c10-5-3-1-2-4-6(5)13-9-15-7(11)14-8(12)16-9;3-6-2(5)1-4;;/h1-4H,(H,13,14,15,16);4H,1H2;;. The number of hydrogen-bond acceptors (Lipinski definition) is 7. The fourth-order valence-electron chi connectivity index (χ4n) is 1.09. The van der Waals surface area contributed by atoms with Crippen molar-refractivity contribution >= 4 is 93.8 Å². The van der Waals surface area contributed by atoms with Gasteiger partial charge in [0.25, 0.3) is 0 Å². The molecule has 1 aromatic heterocycles. The van der Waals surface area contributed by atoms with Gasteiger partial charge in [0.15, 0.2) is 0 Å². The Kier molecular flexibility index (Phi) is 11.9. The van der Waals surface area contributed by atoms with Crippen LogP contribution in [0.1, 0.15) is 0 Å². The van der Waals surface area contributed by atoms with Crippen LogP contribution in [0, 0.1) is 0 Å². The van der Waals surface area contributed by atoms with Crippen LogP contribution in [0.5, 0.6) is 0 Å². The van der Waals surface area contributed by atoms with E-state index in [1.54, 1.807) is 12.1 Å². The maximum atomic E-state index is 9.58. The molecule has 0 amide bonds. The molecule has 1 heterocycles. The summed E-state index contributed by atoms with van der Waals surface area (Å²) in [6.07, 6.45) is 0. The van der Waals surface area contributed by atoms with Crippen molar-refractivity contribution in [1.29, 1.82) is 0 Å². The van der Waals surface area contributed by atoms with Gasteiger partial charge in [0.2, 0.25) is 16.5 Å². The Morgan fingerprint density at radius 2 is 1.70 bits per heavy atom. The first kappa shape index (κ1) is 22.6. The predicted octanol–water partition coefficient (Wildman–Crippen LogP) is 2.60. The van der Waals surface area contributed by atoms with E-state index < -0.39 is 12.6 Å². The molecule has 0 aliphatic carbocycles. The number of aromatic nitrogens is 3. The van der Waals surface area contributed by atoms with Crippen LogP contribution in [0.25, 0.3) is 0 Å². The molecular formula is C11H9Cl4N4NaO3. The zero-order valence-electron chi connectivity index (χ0n) is 10.6. The van der Waals surface area contributed by atoms with Crippen molar-refractivity contribution in [2.75, 3.05) is 11.9 Å². The van der Waals surface area contributed by atoms with Gasteiger partial charge < -0.3 is 14.7 Å². The van der Waals surface area contributed by atoms with Crippen molar-refractivity contribution in [3.05, 3.63) is 39.9 Å². The van der Waals surface area contributed by atoms with E-state index in [1.165, 1.54) is 0 Å². The summed E-state index contributed by atoms with van der Waals surface area (Å²) in [5, 5.41) is 11.3. The second kappa shape index (κ2) is 12.0. The predicted molar refractivity (Wildman–Crippen MR) is 90.8 cm³/mol. The number of hydrogen-bond donors (Lipinski definition) is 2. The Morgan fingerprint density at radius 3 is 2.13 bits per heavy atom. The number of para-hydroxylation sites is 1. The SMILES string of the molecule is Clc1nc(Cl)nc(Nc2ccccc2Cl)n1.O=C(CO)OCl.[NaH]. The summed E-state index contributed by atoms with van der Waals surface area (Å²) >= 11 is 21.7. The van der Waals surface area contributed by atoms with E-state index in [4.69, 9.17) is 39.9 Å². The molecule has 12 heteroatoms. The zero-order valence-corrected chi connectivity index (χ0v) is 13.7. The molecule has 0 unspecified atom stereocenters. The second-order valence-corrected chi connectivity index (χ2v) is 4.65. The average Bonchev–Trinajstić information content (AvgIpc) is 2.48. The summed E-state index contributed by atoms with van der Waals surface area (Å²) in [5.74, 6) is -0.588. The fourth-order valence-corrected chi connectivity index (χ4v) is 1.68. The molecule has 0 fully saturated rings. The molecule has 0 bridgehead atoms. The molecule has 2 rings (SSSR count). The molecular weight excluding hydrogens is 401 g/mol. The van der Waals surface area contributed by atoms with E-state index in [0.717, 1.165) is 0 Å². The normalized spacial score (nSPS) is 9.09. The van der Waals surface area contributed by atoms with Crippen LogP contribution in [0.2, 0.25) is 15.6 Å². The fraction of sp³-hybridized carbons (Fsp3) is 0.0909. The van der Waals surface area contributed by atoms with Gasteiger partial charge in [0.05, 0.1) is 10.7 Å². The first-order chi connectivity index (χ1) is 10.5. The number of nitrogens with zero attached hydrogens (tertiary/aromatic N) is 3. The number of anilines is 2. The Balaban J connectivity index is 0.000000599. The van der Waals surface area contributed by atoms with Gasteiger partial charge in [-0.15, -0.1) is 0 Å². The molecule has 120 valence electrons. The minimum atomic E-state index is -0.836. The Hall–Kier alpha value is -0.380. The number of nitrogens with one attached hydrogen (secondary N) is 1. The summed E-state index contributed by atoms with van der Waals surface area (Å²) in [4.78, 5) is 20.9. The van der Waals surface area contributed by atoms with Crippen molar-refractivity contribution in [2.45, 2.75) is 0 Å². The second-order valence-electron chi connectivity index (χ2n) is 3.41. The topological polar surface area (TPSA) is 97.2 Å². The maximum absolute atomic E-state index is 9.58. The van der Waals surface area contributed by atoms with Gasteiger partial charge in [0, 0.05) is 0 Å². The molecule has 2 N–H and O–H groups in total. The number of benzene rings is 1. The molecule has 0 spiro atoms. The number of carbonyl (C=O) groups excluding carboxylic acids is 1. The van der Waals surface area contributed by atoms with E-state index >= 15 is 0 Å². The number of aliphatic hydroxyl groups is 1. The minimum absolute atomic E-state index is 0. The van der Waals surface area contributed by atoms with E-state index in [2.05, 4.69) is 36.4 Å². The van der Waals surface area contributed by atoms with E-state index in [0.29, 0.717) is 10.7 Å². The van der Waals surface area contributed by atoms with E-state index in [9.17, 15) is 4.79 Å². The van der Waals surface area contributed by atoms with Crippen molar-refractivity contribution in [3.8, 4) is 0 Å². The van der Waals surface area contributed by atoms with Crippen LogP contribution in [-0.2, 0) is 9.08 Å². The number of aliphatic hydroxyl groups excluding tert-OH is 1. The van der Waals surface area contributed by atoms with Gasteiger partial charge in [-0.25, -0.2) is 4.79 Å². The molecule has 0 aliphatic rings. The van der Waals surface area contributed by atoms with Crippen molar-refractivity contribution in [2.24, 2.45) is 0 Å². The van der Waals surface area contributed by atoms with Crippen LogP contribution in [0.4, 0.5) is 11.6 Å². The van der Waals surface area contributed by atoms with Gasteiger partial charge in [-0.1, -0.05) is 23.7 Å².